The van der Waals surface area contributed by atoms with Gasteiger partial charge in [0.15, 0.2) is 5.69 Å². The number of nitrogens with one attached hydrogen (secondary N) is 1. The highest BCUT2D eigenvalue weighted by molar-refractivity contribution is 9.10. The number of hydrogen-bond donors (Lipinski definition) is 1. The molecule has 0 saturated carbocycles. The lowest BCUT2D eigenvalue weighted by Crippen LogP contribution is -2.18. The zero-order chi connectivity index (χ0) is 19.7. The molecule has 7 nitrogen and oxygen atoms in total. The molecule has 1 atom stereocenters. The van der Waals surface area contributed by atoms with Crippen LogP contribution >= 0.6 is 27.7 Å². The first-order chi connectivity index (χ1) is 13.6. The van der Waals surface area contributed by atoms with Crippen molar-refractivity contribution in [3.63, 3.8) is 0 Å². The summed E-state index contributed by atoms with van der Waals surface area (Å²) >= 11 is 4.93. The number of aromatic nitrogens is 3. The maximum atomic E-state index is 6.25. The molecule has 1 aliphatic heterocycles. The average Bonchev–Trinajstić information content (AvgIpc) is 2.89. The van der Waals surface area contributed by atoms with E-state index in [0.29, 0.717) is 28.2 Å². The van der Waals surface area contributed by atoms with Gasteiger partial charge in [-0.05, 0) is 36.6 Å². The average molecular weight is 461 g/mol. The van der Waals surface area contributed by atoms with Crippen molar-refractivity contribution in [2.24, 2.45) is 0 Å². The first-order valence-corrected chi connectivity index (χ1v) is 10.4. The zero-order valence-electron chi connectivity index (χ0n) is 15.4. The van der Waals surface area contributed by atoms with Gasteiger partial charge in [-0.25, -0.2) is 0 Å². The minimum Gasteiger partial charge on any atom is -0.497 e. The third kappa shape index (κ3) is 3.47. The van der Waals surface area contributed by atoms with Crippen molar-refractivity contribution in [3.05, 3.63) is 46.4 Å². The van der Waals surface area contributed by atoms with Crippen molar-refractivity contribution >= 4 is 33.4 Å². The monoisotopic (exact) mass is 460 g/mol. The van der Waals surface area contributed by atoms with Gasteiger partial charge >= 0.3 is 0 Å². The maximum Gasteiger partial charge on any atom is 0.247 e. The molecule has 28 heavy (non-hydrogen) atoms. The molecule has 2 heterocycles. The first-order valence-electron chi connectivity index (χ1n) is 8.36. The highest BCUT2D eigenvalue weighted by Crippen LogP contribution is 2.42. The second kappa shape index (κ2) is 7.84. The molecular weight excluding hydrogens is 444 g/mol. The fourth-order valence-corrected chi connectivity index (χ4v) is 3.59. The predicted molar refractivity (Wildman–Crippen MR) is 111 cm³/mol. The Hall–Kier alpha value is -2.52. The summed E-state index contributed by atoms with van der Waals surface area (Å²) in [4.78, 5) is 4.53. The predicted octanol–water partition coefficient (Wildman–Crippen LogP) is 4.54. The molecule has 3 aromatic rings. The molecule has 144 valence electrons. The van der Waals surface area contributed by atoms with Gasteiger partial charge in [0, 0.05) is 21.8 Å². The van der Waals surface area contributed by atoms with E-state index in [4.69, 9.17) is 14.2 Å². The number of methoxy groups -OCH3 is 2. The van der Waals surface area contributed by atoms with Crippen LogP contribution in [0.4, 0.5) is 5.69 Å². The standard InChI is InChI=1S/C19H17BrN4O3S/c1-25-11-5-6-12(15(9-11)26-2)17-21-14-7-4-10(20)8-13(14)16-18(27-17)22-19(28-3)24-23-16/h4-9,17,21H,1-3H3/t17-/m1/s1. The number of nitrogens with zero attached hydrogens (tertiary/aromatic N) is 3. The summed E-state index contributed by atoms with van der Waals surface area (Å²) in [6, 6.07) is 11.5. The van der Waals surface area contributed by atoms with Gasteiger partial charge in [-0.2, -0.15) is 4.98 Å². The molecule has 2 aromatic carbocycles. The summed E-state index contributed by atoms with van der Waals surface area (Å²) in [7, 11) is 3.23. The lowest BCUT2D eigenvalue weighted by Gasteiger charge is -2.21. The van der Waals surface area contributed by atoms with E-state index in [1.54, 1.807) is 14.2 Å². The van der Waals surface area contributed by atoms with Gasteiger partial charge in [0.1, 0.15) is 11.5 Å². The number of anilines is 1. The molecule has 0 amide bonds. The SMILES string of the molecule is COc1ccc([C@@H]2Nc3ccc(Br)cc3-c3nnc(SC)nc3O2)c(OC)c1. The normalized spacial score (nSPS) is 14.8. The summed E-state index contributed by atoms with van der Waals surface area (Å²) in [5.41, 5.74) is 3.11. The molecule has 4 rings (SSSR count). The molecule has 1 aliphatic rings. The van der Waals surface area contributed by atoms with Crippen LogP contribution in [0.5, 0.6) is 17.4 Å². The third-order valence-electron chi connectivity index (χ3n) is 4.29. The molecule has 0 fully saturated rings. The zero-order valence-corrected chi connectivity index (χ0v) is 17.8. The molecular formula is C19H17BrN4O3S. The van der Waals surface area contributed by atoms with Crippen molar-refractivity contribution in [2.75, 3.05) is 25.8 Å². The molecule has 0 saturated heterocycles. The van der Waals surface area contributed by atoms with Crippen LogP contribution in [-0.4, -0.2) is 35.7 Å². The largest absolute Gasteiger partial charge is 0.497 e. The van der Waals surface area contributed by atoms with Crippen LogP contribution in [0.3, 0.4) is 0 Å². The Morgan fingerprint density at radius 3 is 2.71 bits per heavy atom. The molecule has 0 bridgehead atoms. The van der Waals surface area contributed by atoms with Crippen LogP contribution in [0.1, 0.15) is 11.8 Å². The molecule has 0 radical (unpaired) electrons. The van der Waals surface area contributed by atoms with E-state index in [1.165, 1.54) is 11.8 Å². The number of ether oxygens (including phenoxy) is 3. The van der Waals surface area contributed by atoms with Gasteiger partial charge in [-0.3, -0.25) is 0 Å². The lowest BCUT2D eigenvalue weighted by molar-refractivity contribution is 0.219. The minimum absolute atomic E-state index is 0.409. The van der Waals surface area contributed by atoms with Crippen molar-refractivity contribution in [2.45, 2.75) is 11.4 Å². The van der Waals surface area contributed by atoms with E-state index in [0.717, 1.165) is 21.3 Å². The van der Waals surface area contributed by atoms with E-state index < -0.39 is 6.23 Å². The summed E-state index contributed by atoms with van der Waals surface area (Å²) in [5.74, 6) is 1.75. The minimum atomic E-state index is -0.534. The van der Waals surface area contributed by atoms with Crippen LogP contribution in [0.25, 0.3) is 11.3 Å². The van der Waals surface area contributed by atoms with Crippen molar-refractivity contribution in [3.8, 4) is 28.6 Å². The number of benzene rings is 2. The highest BCUT2D eigenvalue weighted by Gasteiger charge is 2.28. The second-order valence-corrected chi connectivity index (χ2v) is 7.58. The molecule has 0 unspecified atom stereocenters. The lowest BCUT2D eigenvalue weighted by atomic mass is 10.1. The second-order valence-electron chi connectivity index (χ2n) is 5.89. The van der Waals surface area contributed by atoms with Crippen LogP contribution in [0.15, 0.2) is 46.0 Å². The molecule has 0 aliphatic carbocycles. The van der Waals surface area contributed by atoms with E-state index >= 15 is 0 Å². The van der Waals surface area contributed by atoms with Crippen LogP contribution in [0.2, 0.25) is 0 Å². The van der Waals surface area contributed by atoms with Crippen molar-refractivity contribution in [1.82, 2.24) is 15.2 Å². The van der Waals surface area contributed by atoms with E-state index in [9.17, 15) is 0 Å². The Morgan fingerprint density at radius 1 is 1.11 bits per heavy atom. The van der Waals surface area contributed by atoms with E-state index in [-0.39, 0.29) is 0 Å². The molecule has 0 spiro atoms. The van der Waals surface area contributed by atoms with Gasteiger partial charge in [0.25, 0.3) is 0 Å². The number of thioether (sulfide) groups is 1. The third-order valence-corrected chi connectivity index (χ3v) is 5.33. The fraction of sp³-hybridized carbons (Fsp3) is 0.211. The number of halogens is 1. The van der Waals surface area contributed by atoms with E-state index in [1.807, 2.05) is 42.7 Å². The first kappa shape index (κ1) is 18.8. The Morgan fingerprint density at radius 2 is 1.96 bits per heavy atom. The van der Waals surface area contributed by atoms with Crippen LogP contribution in [-0.2, 0) is 0 Å². The van der Waals surface area contributed by atoms with Crippen LogP contribution in [0, 0.1) is 0 Å². The summed E-state index contributed by atoms with van der Waals surface area (Å²) in [6.07, 6.45) is 1.36. The van der Waals surface area contributed by atoms with Crippen molar-refractivity contribution in [1.29, 1.82) is 0 Å². The topological polar surface area (TPSA) is 78.4 Å². The highest BCUT2D eigenvalue weighted by atomic mass is 79.9. The van der Waals surface area contributed by atoms with Crippen LogP contribution < -0.4 is 19.5 Å². The Balaban J connectivity index is 1.87. The number of rotatable bonds is 4. The Bertz CT molecular complexity index is 1030. The summed E-state index contributed by atoms with van der Waals surface area (Å²) in [6.45, 7) is 0. The molecule has 9 heteroatoms. The quantitative estimate of drug-likeness (QED) is 0.568. The Labute approximate surface area is 175 Å². The smallest absolute Gasteiger partial charge is 0.247 e. The summed E-state index contributed by atoms with van der Waals surface area (Å²) in [5, 5.41) is 12.5. The fourth-order valence-electron chi connectivity index (χ4n) is 2.93. The number of fused-ring (bicyclic) bond motifs is 3. The van der Waals surface area contributed by atoms with Crippen molar-refractivity contribution < 1.29 is 14.2 Å². The van der Waals surface area contributed by atoms with Gasteiger partial charge in [-0.15, -0.1) is 10.2 Å². The molecule has 1 N–H and O–H groups in total. The van der Waals surface area contributed by atoms with Gasteiger partial charge in [0.05, 0.1) is 19.8 Å². The van der Waals surface area contributed by atoms with Gasteiger partial charge in [-0.1, -0.05) is 27.7 Å². The van der Waals surface area contributed by atoms with Gasteiger partial charge in [0.2, 0.25) is 17.3 Å². The molecule has 1 aromatic heterocycles. The summed E-state index contributed by atoms with van der Waals surface area (Å²) < 4.78 is 18.0. The van der Waals surface area contributed by atoms with Gasteiger partial charge < -0.3 is 19.5 Å². The Kier molecular flexibility index (Phi) is 5.27. The maximum absolute atomic E-state index is 6.25. The van der Waals surface area contributed by atoms with E-state index in [2.05, 4.69) is 36.4 Å². The number of hydrogen-bond acceptors (Lipinski definition) is 8.